The lowest BCUT2D eigenvalue weighted by Gasteiger charge is -2.39. The highest BCUT2D eigenvalue weighted by Gasteiger charge is 2.34. The molecular weight excluding hydrogens is 728 g/mol. The first-order valence-electron chi connectivity index (χ1n) is 19.3. The van der Waals surface area contributed by atoms with Crippen molar-refractivity contribution < 1.29 is 22.8 Å². The zero-order valence-electron chi connectivity index (χ0n) is 31.7. The molecule has 1 atom stereocenters. The molecule has 12 heteroatoms. The van der Waals surface area contributed by atoms with Crippen LogP contribution in [-0.2, 0) is 35.3 Å². The minimum atomic E-state index is -4.46. The number of alkyl halides is 3. The highest BCUT2D eigenvalue weighted by molar-refractivity contribution is 5.95. The summed E-state index contributed by atoms with van der Waals surface area (Å²) in [6.07, 6.45) is 2.19. The van der Waals surface area contributed by atoms with Crippen LogP contribution in [0.3, 0.4) is 0 Å². The number of aromatic nitrogens is 2. The fraction of sp³-hybridized carbons (Fsp3) is 0.289. The first-order chi connectivity index (χ1) is 27.7. The van der Waals surface area contributed by atoms with E-state index in [9.17, 15) is 22.8 Å². The molecule has 2 amide bonds. The number of carbonyl (C=O) groups is 2. The molecule has 0 saturated carbocycles. The van der Waals surface area contributed by atoms with E-state index in [1.807, 2.05) is 77.7 Å². The molecule has 2 fully saturated rings. The number of rotatable bonds is 12. The van der Waals surface area contributed by atoms with E-state index < -0.39 is 23.7 Å². The molecule has 0 spiro atoms. The van der Waals surface area contributed by atoms with Crippen LogP contribution in [0.5, 0.6) is 0 Å². The predicted octanol–water partition coefficient (Wildman–Crippen LogP) is 6.82. The Kier molecular flexibility index (Phi) is 12.6. The predicted molar refractivity (Wildman–Crippen MR) is 216 cm³/mol. The van der Waals surface area contributed by atoms with Gasteiger partial charge in [0.1, 0.15) is 6.04 Å². The summed E-state index contributed by atoms with van der Waals surface area (Å²) in [7, 11) is 0. The summed E-state index contributed by atoms with van der Waals surface area (Å²) in [4.78, 5) is 48.0. The Hall–Kier alpha value is -6.01. The third-order valence-corrected chi connectivity index (χ3v) is 10.6. The van der Waals surface area contributed by atoms with Gasteiger partial charge in [0.2, 0.25) is 17.8 Å². The highest BCUT2D eigenvalue weighted by atomic mass is 19.4. The Morgan fingerprint density at radius 3 is 1.88 bits per heavy atom. The minimum absolute atomic E-state index is 0.133. The van der Waals surface area contributed by atoms with Gasteiger partial charge in [-0.25, -0.2) is 9.97 Å². The summed E-state index contributed by atoms with van der Waals surface area (Å²) in [5, 5.41) is 0. The molecule has 4 aromatic carbocycles. The van der Waals surface area contributed by atoms with Crippen LogP contribution < -0.4 is 9.80 Å². The number of nitrogens with zero attached hydrogens (tertiary/aromatic N) is 7. The second-order valence-corrected chi connectivity index (χ2v) is 14.4. The molecular formula is C45H46F3N7O2. The van der Waals surface area contributed by atoms with E-state index >= 15 is 0 Å². The summed E-state index contributed by atoms with van der Waals surface area (Å²) in [5.41, 5.74) is 3.72. The monoisotopic (exact) mass is 773 g/mol. The molecule has 0 radical (unpaired) electrons. The van der Waals surface area contributed by atoms with Crippen LogP contribution in [0.4, 0.5) is 24.8 Å². The van der Waals surface area contributed by atoms with E-state index in [-0.39, 0.29) is 12.5 Å². The van der Waals surface area contributed by atoms with Gasteiger partial charge in [0.05, 0.1) is 5.56 Å². The van der Waals surface area contributed by atoms with E-state index in [1.165, 1.54) is 29.8 Å². The topological polar surface area (TPSA) is 76.1 Å². The number of hydrogen-bond donors (Lipinski definition) is 0. The molecule has 2 saturated heterocycles. The molecule has 7 rings (SSSR count). The molecule has 294 valence electrons. The Morgan fingerprint density at radius 2 is 1.26 bits per heavy atom. The van der Waals surface area contributed by atoms with Gasteiger partial charge in [-0.1, -0.05) is 84.9 Å². The van der Waals surface area contributed by atoms with Gasteiger partial charge in [0.25, 0.3) is 0 Å². The molecule has 1 aromatic heterocycles. The third-order valence-electron chi connectivity index (χ3n) is 10.6. The Labute approximate surface area is 331 Å². The zero-order valence-corrected chi connectivity index (χ0v) is 31.7. The van der Waals surface area contributed by atoms with Gasteiger partial charge in [-0.2, -0.15) is 13.2 Å². The van der Waals surface area contributed by atoms with Crippen LogP contribution in [0.1, 0.15) is 27.8 Å². The van der Waals surface area contributed by atoms with Gasteiger partial charge in [-0.15, -0.1) is 0 Å². The smallest absolute Gasteiger partial charge is 0.368 e. The summed E-state index contributed by atoms with van der Waals surface area (Å²) < 4.78 is 39.7. The van der Waals surface area contributed by atoms with Gasteiger partial charge >= 0.3 is 6.18 Å². The SMILES string of the molecule is O=C([C@H](Cc1ccccc1)N(Cc1ccc(N2CCN(c3ncccn3)CC2)cc1)C(=O)C=Cc1ccc(C(F)(F)F)cc1)N1CCN(Cc2ccccc2)CC1. The van der Waals surface area contributed by atoms with E-state index in [4.69, 9.17) is 0 Å². The first-order valence-corrected chi connectivity index (χ1v) is 19.3. The average Bonchev–Trinajstić information content (AvgIpc) is 3.25. The van der Waals surface area contributed by atoms with Crippen molar-refractivity contribution in [1.29, 1.82) is 0 Å². The maximum Gasteiger partial charge on any atom is 0.416 e. The number of hydrogen-bond acceptors (Lipinski definition) is 7. The van der Waals surface area contributed by atoms with E-state index in [2.05, 4.69) is 36.8 Å². The molecule has 3 heterocycles. The van der Waals surface area contributed by atoms with Crippen LogP contribution in [0.2, 0.25) is 0 Å². The van der Waals surface area contributed by atoms with Crippen molar-refractivity contribution in [3.05, 3.63) is 162 Å². The summed E-state index contributed by atoms with van der Waals surface area (Å²) in [6.45, 7) is 6.56. The number of benzene rings is 4. The third kappa shape index (κ3) is 10.4. The van der Waals surface area contributed by atoms with Crippen LogP contribution in [0.15, 0.2) is 134 Å². The molecule has 0 bridgehead atoms. The fourth-order valence-corrected chi connectivity index (χ4v) is 7.36. The quantitative estimate of drug-likeness (QED) is 0.129. The minimum Gasteiger partial charge on any atom is -0.368 e. The van der Waals surface area contributed by atoms with Crippen LogP contribution in [-0.4, -0.2) is 94.9 Å². The number of piperazine rings is 2. The molecule has 0 N–H and O–H groups in total. The molecule has 2 aliphatic rings. The Bertz CT molecular complexity index is 2070. The fourth-order valence-electron chi connectivity index (χ4n) is 7.36. The van der Waals surface area contributed by atoms with Crippen LogP contribution >= 0.6 is 0 Å². The lowest BCUT2D eigenvalue weighted by atomic mass is 10.0. The number of amides is 2. The number of carbonyl (C=O) groups excluding carboxylic acids is 2. The van der Waals surface area contributed by atoms with Crippen molar-refractivity contribution in [2.75, 3.05) is 62.2 Å². The maximum absolute atomic E-state index is 14.7. The largest absolute Gasteiger partial charge is 0.416 e. The molecule has 9 nitrogen and oxygen atoms in total. The standard InChI is InChI=1S/C45H46F3N7O2/c46-45(47,48)39-17-12-35(13-18-39)16-21-42(56)55(34-38-14-19-40(20-15-38)52-28-30-54(31-29-52)44-49-22-7-23-50-44)41(32-36-8-3-1-4-9-36)43(57)53-26-24-51(25-27-53)33-37-10-5-2-6-11-37/h1-23,41H,24-34H2/t41-/m0/s1. The summed E-state index contributed by atoms with van der Waals surface area (Å²) in [5.74, 6) is 0.180. The second-order valence-electron chi connectivity index (χ2n) is 14.4. The number of halogens is 3. The van der Waals surface area contributed by atoms with Crippen molar-refractivity contribution in [3.63, 3.8) is 0 Å². The number of anilines is 2. The van der Waals surface area contributed by atoms with Gasteiger partial charge in [0.15, 0.2) is 0 Å². The second kappa shape index (κ2) is 18.3. The van der Waals surface area contributed by atoms with Gasteiger partial charge < -0.3 is 19.6 Å². The maximum atomic E-state index is 14.7. The van der Waals surface area contributed by atoms with Crippen LogP contribution in [0.25, 0.3) is 6.08 Å². The van der Waals surface area contributed by atoms with Crippen molar-refractivity contribution in [1.82, 2.24) is 24.7 Å². The zero-order chi connectivity index (χ0) is 39.6. The van der Waals surface area contributed by atoms with Crippen molar-refractivity contribution >= 4 is 29.5 Å². The van der Waals surface area contributed by atoms with Gasteiger partial charge in [0, 0.05) is 96.0 Å². The Morgan fingerprint density at radius 1 is 0.667 bits per heavy atom. The molecule has 0 aliphatic carbocycles. The molecule has 57 heavy (non-hydrogen) atoms. The van der Waals surface area contributed by atoms with Crippen molar-refractivity contribution in [2.24, 2.45) is 0 Å². The highest BCUT2D eigenvalue weighted by Crippen LogP contribution is 2.29. The van der Waals surface area contributed by atoms with Crippen molar-refractivity contribution in [2.45, 2.75) is 31.7 Å². The average molecular weight is 774 g/mol. The summed E-state index contributed by atoms with van der Waals surface area (Å²) in [6, 6.07) is 33.6. The molecule has 0 unspecified atom stereocenters. The van der Waals surface area contributed by atoms with E-state index in [1.54, 1.807) is 23.4 Å². The van der Waals surface area contributed by atoms with Crippen molar-refractivity contribution in [3.8, 4) is 0 Å². The lowest BCUT2D eigenvalue weighted by Crippen LogP contribution is -2.56. The van der Waals surface area contributed by atoms with Gasteiger partial charge in [-0.3, -0.25) is 14.5 Å². The van der Waals surface area contributed by atoms with E-state index in [0.29, 0.717) is 38.2 Å². The Balaban J connectivity index is 1.12. The first kappa shape index (κ1) is 39.2. The molecule has 2 aliphatic heterocycles. The normalized spacial score (nSPS) is 15.8. The van der Waals surface area contributed by atoms with Crippen LogP contribution in [0, 0.1) is 0 Å². The van der Waals surface area contributed by atoms with Gasteiger partial charge in [-0.05, 0) is 58.7 Å². The summed E-state index contributed by atoms with van der Waals surface area (Å²) >= 11 is 0. The van der Waals surface area contributed by atoms with E-state index in [0.717, 1.165) is 67.6 Å². The molecule has 5 aromatic rings. The lowest BCUT2D eigenvalue weighted by molar-refractivity contribution is -0.145.